The van der Waals surface area contributed by atoms with Crippen LogP contribution in [0, 0.1) is 0 Å². The molecule has 1 saturated heterocycles. The molecule has 1 aromatic carbocycles. The van der Waals surface area contributed by atoms with Gasteiger partial charge in [0.25, 0.3) is 0 Å². The normalized spacial score (nSPS) is 23.6. The van der Waals surface area contributed by atoms with Gasteiger partial charge < -0.3 is 15.8 Å². The standard InChI is InChI=1S/C13H18N4O3S/c14-13-12-10(16-21(18,19)17-13)5-3-6-11(12)20-8-9-4-1-2-7-15-9/h3,5-6,9,15-16H,1-2,4,7-8H2,(H2,14,17). The van der Waals surface area contributed by atoms with E-state index in [0.29, 0.717) is 29.6 Å². The molecule has 2 aliphatic heterocycles. The summed E-state index contributed by atoms with van der Waals surface area (Å²) in [5, 5.41) is 3.40. The Morgan fingerprint density at radius 2 is 2.24 bits per heavy atom. The van der Waals surface area contributed by atoms with Gasteiger partial charge in [-0.25, -0.2) is 0 Å². The second-order valence-electron chi connectivity index (χ2n) is 5.19. The van der Waals surface area contributed by atoms with E-state index in [9.17, 15) is 8.42 Å². The van der Waals surface area contributed by atoms with Gasteiger partial charge in [-0.3, -0.25) is 4.72 Å². The number of nitrogens with two attached hydrogens (primary N) is 1. The van der Waals surface area contributed by atoms with Crippen molar-refractivity contribution in [1.29, 1.82) is 0 Å². The first-order valence-electron chi connectivity index (χ1n) is 6.93. The van der Waals surface area contributed by atoms with Gasteiger partial charge in [0.1, 0.15) is 12.4 Å². The fraction of sp³-hybridized carbons (Fsp3) is 0.462. The molecule has 2 aliphatic rings. The van der Waals surface area contributed by atoms with Crippen LogP contribution in [-0.4, -0.2) is 33.4 Å². The number of rotatable bonds is 3. The summed E-state index contributed by atoms with van der Waals surface area (Å²) in [4.78, 5) is 0. The molecule has 0 bridgehead atoms. The zero-order valence-corrected chi connectivity index (χ0v) is 12.3. The predicted octanol–water partition coefficient (Wildman–Crippen LogP) is 0.583. The molecule has 0 radical (unpaired) electrons. The van der Waals surface area contributed by atoms with Crippen molar-refractivity contribution in [2.75, 3.05) is 17.9 Å². The van der Waals surface area contributed by atoms with Crippen molar-refractivity contribution in [3.8, 4) is 5.75 Å². The molecular formula is C13H18N4O3S. The molecule has 8 heteroatoms. The van der Waals surface area contributed by atoms with Crippen LogP contribution in [0.3, 0.4) is 0 Å². The molecule has 7 nitrogen and oxygen atoms in total. The predicted molar refractivity (Wildman–Crippen MR) is 80.8 cm³/mol. The van der Waals surface area contributed by atoms with Crippen molar-refractivity contribution in [1.82, 2.24) is 5.32 Å². The zero-order valence-electron chi connectivity index (χ0n) is 11.5. The van der Waals surface area contributed by atoms with Crippen LogP contribution in [0.2, 0.25) is 0 Å². The van der Waals surface area contributed by atoms with Crippen LogP contribution in [0.1, 0.15) is 24.8 Å². The summed E-state index contributed by atoms with van der Waals surface area (Å²) in [5.74, 6) is 0.500. The van der Waals surface area contributed by atoms with E-state index in [0.717, 1.165) is 13.0 Å². The molecule has 114 valence electrons. The number of amidine groups is 1. The first-order valence-corrected chi connectivity index (χ1v) is 8.37. The van der Waals surface area contributed by atoms with Gasteiger partial charge in [-0.2, -0.15) is 8.42 Å². The van der Waals surface area contributed by atoms with Crippen LogP contribution in [0.15, 0.2) is 22.6 Å². The van der Waals surface area contributed by atoms with Crippen LogP contribution in [0.25, 0.3) is 0 Å². The van der Waals surface area contributed by atoms with Crippen molar-refractivity contribution < 1.29 is 13.2 Å². The van der Waals surface area contributed by atoms with E-state index in [1.165, 1.54) is 12.8 Å². The molecule has 0 aliphatic carbocycles. The lowest BCUT2D eigenvalue weighted by atomic mass is 10.1. The van der Waals surface area contributed by atoms with E-state index in [1.807, 2.05) is 0 Å². The zero-order chi connectivity index (χ0) is 14.9. The first-order chi connectivity index (χ1) is 10.1. The highest BCUT2D eigenvalue weighted by Crippen LogP contribution is 2.30. The Hall–Kier alpha value is -1.80. The lowest BCUT2D eigenvalue weighted by molar-refractivity contribution is 0.239. The number of fused-ring (bicyclic) bond motifs is 1. The Balaban J connectivity index is 1.81. The van der Waals surface area contributed by atoms with E-state index in [-0.39, 0.29) is 5.84 Å². The monoisotopic (exact) mass is 310 g/mol. The van der Waals surface area contributed by atoms with E-state index in [2.05, 4.69) is 14.4 Å². The molecule has 4 N–H and O–H groups in total. The van der Waals surface area contributed by atoms with E-state index in [1.54, 1.807) is 18.2 Å². The molecule has 3 rings (SSSR count). The summed E-state index contributed by atoms with van der Waals surface area (Å²) in [6, 6.07) is 5.45. The minimum Gasteiger partial charge on any atom is -0.491 e. The molecular weight excluding hydrogens is 292 g/mol. The lowest BCUT2D eigenvalue weighted by Gasteiger charge is -2.25. The van der Waals surface area contributed by atoms with Gasteiger partial charge in [0.15, 0.2) is 5.84 Å². The van der Waals surface area contributed by atoms with Crippen molar-refractivity contribution in [2.45, 2.75) is 25.3 Å². The molecule has 0 aromatic heterocycles. The molecule has 0 saturated carbocycles. The van der Waals surface area contributed by atoms with Gasteiger partial charge >= 0.3 is 10.2 Å². The number of benzene rings is 1. The average molecular weight is 310 g/mol. The highest BCUT2D eigenvalue weighted by atomic mass is 32.2. The topological polar surface area (TPSA) is 106 Å². The Kier molecular flexibility index (Phi) is 3.73. The Bertz CT molecular complexity index is 666. The summed E-state index contributed by atoms with van der Waals surface area (Å²) < 4.78 is 34.7. The SMILES string of the molecule is NC1=NS(=O)(=O)Nc2cccc(OCC3CCCCN3)c21. The minimum atomic E-state index is -3.75. The molecule has 1 fully saturated rings. The van der Waals surface area contributed by atoms with Gasteiger partial charge in [0.05, 0.1) is 11.3 Å². The highest BCUT2D eigenvalue weighted by Gasteiger charge is 2.24. The van der Waals surface area contributed by atoms with Crippen molar-refractivity contribution in [3.05, 3.63) is 23.8 Å². The third-order valence-electron chi connectivity index (χ3n) is 3.59. The van der Waals surface area contributed by atoms with E-state index >= 15 is 0 Å². The van der Waals surface area contributed by atoms with Crippen molar-refractivity contribution >= 4 is 21.7 Å². The fourth-order valence-corrected chi connectivity index (χ4v) is 3.44. The second kappa shape index (κ2) is 5.53. The largest absolute Gasteiger partial charge is 0.491 e. The highest BCUT2D eigenvalue weighted by molar-refractivity contribution is 7.91. The number of piperidine rings is 1. The van der Waals surface area contributed by atoms with Crippen LogP contribution in [0.5, 0.6) is 5.75 Å². The van der Waals surface area contributed by atoms with Crippen molar-refractivity contribution in [2.24, 2.45) is 10.1 Å². The maximum absolute atomic E-state index is 11.5. The maximum Gasteiger partial charge on any atom is 0.344 e. The minimum absolute atomic E-state index is 0.0454. The van der Waals surface area contributed by atoms with Gasteiger partial charge in [-0.05, 0) is 31.5 Å². The summed E-state index contributed by atoms with van der Waals surface area (Å²) in [7, 11) is -3.75. The second-order valence-corrected chi connectivity index (χ2v) is 6.53. The van der Waals surface area contributed by atoms with Crippen LogP contribution in [-0.2, 0) is 10.2 Å². The molecule has 0 spiro atoms. The van der Waals surface area contributed by atoms with Crippen LogP contribution in [0.4, 0.5) is 5.69 Å². The van der Waals surface area contributed by atoms with Gasteiger partial charge in [-0.15, -0.1) is 4.40 Å². The molecule has 21 heavy (non-hydrogen) atoms. The molecule has 1 atom stereocenters. The summed E-state index contributed by atoms with van der Waals surface area (Å²) >= 11 is 0. The van der Waals surface area contributed by atoms with Crippen molar-refractivity contribution in [3.63, 3.8) is 0 Å². The van der Waals surface area contributed by atoms with E-state index in [4.69, 9.17) is 10.5 Å². The van der Waals surface area contributed by atoms with Gasteiger partial charge in [-0.1, -0.05) is 12.5 Å². The summed E-state index contributed by atoms with van der Waals surface area (Å²) in [6.45, 7) is 1.53. The number of hydrogen-bond donors (Lipinski definition) is 3. The molecule has 0 amide bonds. The quantitative estimate of drug-likeness (QED) is 0.757. The number of nitrogens with zero attached hydrogens (tertiary/aromatic N) is 1. The van der Waals surface area contributed by atoms with Gasteiger partial charge in [0, 0.05) is 6.04 Å². The van der Waals surface area contributed by atoms with E-state index < -0.39 is 10.2 Å². The number of ether oxygens (including phenoxy) is 1. The smallest absolute Gasteiger partial charge is 0.344 e. The Morgan fingerprint density at radius 1 is 1.38 bits per heavy atom. The first kappa shape index (κ1) is 14.2. The average Bonchev–Trinajstić information content (AvgIpc) is 2.44. The maximum atomic E-state index is 11.5. The third-order valence-corrected chi connectivity index (χ3v) is 4.51. The summed E-state index contributed by atoms with van der Waals surface area (Å²) in [5.41, 5.74) is 6.67. The van der Waals surface area contributed by atoms with Crippen LogP contribution < -0.4 is 20.5 Å². The Labute approximate surface area is 123 Å². The number of anilines is 1. The number of nitrogens with one attached hydrogen (secondary N) is 2. The third kappa shape index (κ3) is 3.11. The van der Waals surface area contributed by atoms with Crippen LogP contribution >= 0.6 is 0 Å². The Morgan fingerprint density at radius 3 is 3.00 bits per heavy atom. The van der Waals surface area contributed by atoms with Gasteiger partial charge in [0.2, 0.25) is 0 Å². The molecule has 1 aromatic rings. The molecule has 1 unspecified atom stereocenters. The lowest BCUT2D eigenvalue weighted by Crippen LogP contribution is -2.38. The fourth-order valence-electron chi connectivity index (χ4n) is 2.59. The summed E-state index contributed by atoms with van der Waals surface area (Å²) in [6.07, 6.45) is 3.46. The molecule has 2 heterocycles. The number of hydrogen-bond acceptors (Lipinski definition) is 5.